The Bertz CT molecular complexity index is 810. The normalized spacial score (nSPS) is 19.2. The van der Waals surface area contributed by atoms with Gasteiger partial charge in [0.05, 0.1) is 6.04 Å². The average molecular weight is 368 g/mol. The molecule has 7 heteroatoms. The number of amides is 2. The maximum atomic E-state index is 13.1. The highest BCUT2D eigenvalue weighted by Gasteiger charge is 2.38. The Morgan fingerprint density at radius 3 is 2.33 bits per heavy atom. The Morgan fingerprint density at radius 1 is 1.07 bits per heavy atom. The average Bonchev–Trinajstić information content (AvgIpc) is 2.68. The molecule has 0 aliphatic carbocycles. The molecule has 27 heavy (non-hydrogen) atoms. The summed E-state index contributed by atoms with van der Waals surface area (Å²) in [5, 5.41) is 12.0. The summed E-state index contributed by atoms with van der Waals surface area (Å²) in [6.07, 6.45) is -0.992. The first-order chi connectivity index (χ1) is 13.0. The molecule has 2 atom stereocenters. The largest absolute Gasteiger partial charge is 0.480 e. The number of aliphatic carboxylic acids is 1. The molecule has 1 aliphatic rings. The van der Waals surface area contributed by atoms with E-state index in [1.807, 2.05) is 36.4 Å². The highest BCUT2D eigenvalue weighted by molar-refractivity contribution is 5.88. The molecular formula is C20H20N2O5. The number of hydrogen-bond donors (Lipinski definition) is 2. The summed E-state index contributed by atoms with van der Waals surface area (Å²) in [6.45, 7) is -0.559. The number of carbonyl (C=O) groups excluding carboxylic acids is 2. The van der Waals surface area contributed by atoms with Crippen molar-refractivity contribution in [3.63, 3.8) is 0 Å². The highest BCUT2D eigenvalue weighted by atomic mass is 16.5. The second-order valence-corrected chi connectivity index (χ2v) is 6.26. The van der Waals surface area contributed by atoms with E-state index in [1.165, 1.54) is 4.90 Å². The number of carbonyl (C=O) groups is 3. The molecule has 0 aromatic heterocycles. The van der Waals surface area contributed by atoms with E-state index >= 15 is 0 Å². The number of benzene rings is 2. The van der Waals surface area contributed by atoms with Gasteiger partial charge in [0, 0.05) is 6.54 Å². The fraction of sp³-hybridized carbons (Fsp3) is 0.250. The summed E-state index contributed by atoms with van der Waals surface area (Å²) in [6, 6.07) is 17.5. The van der Waals surface area contributed by atoms with Crippen molar-refractivity contribution in [1.82, 2.24) is 10.2 Å². The van der Waals surface area contributed by atoms with Gasteiger partial charge in [-0.3, -0.25) is 14.4 Å². The van der Waals surface area contributed by atoms with E-state index in [9.17, 15) is 19.5 Å². The third kappa shape index (κ3) is 4.71. The number of nitrogens with one attached hydrogen (secondary N) is 1. The Labute approximate surface area is 156 Å². The molecule has 2 amide bonds. The van der Waals surface area contributed by atoms with Crippen molar-refractivity contribution in [1.29, 1.82) is 0 Å². The Balaban J connectivity index is 1.85. The quantitative estimate of drug-likeness (QED) is 0.803. The van der Waals surface area contributed by atoms with E-state index in [-0.39, 0.29) is 19.1 Å². The van der Waals surface area contributed by atoms with E-state index in [0.717, 1.165) is 11.1 Å². The van der Waals surface area contributed by atoms with Crippen LogP contribution < -0.4 is 5.32 Å². The van der Waals surface area contributed by atoms with E-state index in [4.69, 9.17) is 4.74 Å². The summed E-state index contributed by atoms with van der Waals surface area (Å²) >= 11 is 0. The van der Waals surface area contributed by atoms with Crippen molar-refractivity contribution in [3.05, 3.63) is 71.8 Å². The SMILES string of the molecule is O=C(O)CN(Cc1ccccc1)C(=O)[C@@H]1OCC(=O)N[C@@H]1c1ccccc1. The predicted molar refractivity (Wildman–Crippen MR) is 96.6 cm³/mol. The highest BCUT2D eigenvalue weighted by Crippen LogP contribution is 2.24. The maximum Gasteiger partial charge on any atom is 0.323 e. The smallest absolute Gasteiger partial charge is 0.323 e. The topological polar surface area (TPSA) is 95.9 Å². The van der Waals surface area contributed by atoms with Gasteiger partial charge in [-0.15, -0.1) is 0 Å². The Kier molecular flexibility index (Phi) is 5.83. The van der Waals surface area contributed by atoms with Gasteiger partial charge in [0.25, 0.3) is 5.91 Å². The van der Waals surface area contributed by atoms with E-state index in [2.05, 4.69) is 5.32 Å². The molecule has 2 aromatic carbocycles. The fourth-order valence-electron chi connectivity index (χ4n) is 3.04. The van der Waals surface area contributed by atoms with Crippen molar-refractivity contribution in [3.8, 4) is 0 Å². The summed E-state index contributed by atoms with van der Waals surface area (Å²) in [5.41, 5.74) is 1.53. The number of hydrogen-bond acceptors (Lipinski definition) is 4. The first-order valence-corrected chi connectivity index (χ1v) is 8.55. The van der Waals surface area contributed by atoms with Crippen molar-refractivity contribution < 1.29 is 24.2 Å². The molecule has 7 nitrogen and oxygen atoms in total. The van der Waals surface area contributed by atoms with Crippen LogP contribution in [0.2, 0.25) is 0 Å². The van der Waals surface area contributed by atoms with Gasteiger partial charge in [-0.05, 0) is 11.1 Å². The molecule has 2 aromatic rings. The molecule has 0 saturated carbocycles. The lowest BCUT2D eigenvalue weighted by atomic mass is 9.98. The summed E-state index contributed by atoms with van der Waals surface area (Å²) in [5.74, 6) is -1.91. The first-order valence-electron chi connectivity index (χ1n) is 8.55. The molecule has 0 radical (unpaired) electrons. The number of rotatable bonds is 6. The van der Waals surface area contributed by atoms with Gasteiger partial charge in [0.1, 0.15) is 13.2 Å². The maximum absolute atomic E-state index is 13.1. The Morgan fingerprint density at radius 2 is 1.70 bits per heavy atom. The van der Waals surface area contributed by atoms with Crippen molar-refractivity contribution in [2.24, 2.45) is 0 Å². The summed E-state index contributed by atoms with van der Waals surface area (Å²) in [7, 11) is 0. The zero-order chi connectivity index (χ0) is 19.2. The van der Waals surface area contributed by atoms with E-state index < -0.39 is 30.6 Å². The number of ether oxygens (including phenoxy) is 1. The van der Waals surface area contributed by atoms with E-state index in [1.54, 1.807) is 24.3 Å². The number of morpholine rings is 1. The molecule has 1 fully saturated rings. The molecule has 1 heterocycles. The predicted octanol–water partition coefficient (Wildman–Crippen LogP) is 1.36. The van der Waals surface area contributed by atoms with Crippen LogP contribution in [0.1, 0.15) is 17.2 Å². The van der Waals surface area contributed by atoms with Crippen molar-refractivity contribution in [2.75, 3.05) is 13.2 Å². The second kappa shape index (κ2) is 8.46. The second-order valence-electron chi connectivity index (χ2n) is 6.26. The first kappa shape index (κ1) is 18.6. The lowest BCUT2D eigenvalue weighted by Gasteiger charge is -2.34. The minimum Gasteiger partial charge on any atom is -0.480 e. The molecule has 0 spiro atoms. The summed E-state index contributed by atoms with van der Waals surface area (Å²) in [4.78, 5) is 37.4. The molecule has 140 valence electrons. The van der Waals surface area contributed by atoms with Crippen LogP contribution in [-0.4, -0.2) is 47.0 Å². The molecule has 2 N–H and O–H groups in total. The van der Waals surface area contributed by atoms with E-state index in [0.29, 0.717) is 0 Å². The van der Waals surface area contributed by atoms with Crippen LogP contribution in [0.5, 0.6) is 0 Å². The molecule has 0 unspecified atom stereocenters. The molecule has 3 rings (SSSR count). The number of carboxylic acids is 1. The molecular weight excluding hydrogens is 348 g/mol. The zero-order valence-electron chi connectivity index (χ0n) is 14.6. The fourth-order valence-corrected chi connectivity index (χ4v) is 3.04. The summed E-state index contributed by atoms with van der Waals surface area (Å²) < 4.78 is 5.52. The minimum absolute atomic E-state index is 0.140. The zero-order valence-corrected chi connectivity index (χ0v) is 14.6. The van der Waals surface area contributed by atoms with Crippen LogP contribution in [-0.2, 0) is 25.7 Å². The van der Waals surface area contributed by atoms with Crippen LogP contribution in [0.4, 0.5) is 0 Å². The lowest BCUT2D eigenvalue weighted by molar-refractivity contribution is -0.159. The van der Waals surface area contributed by atoms with Gasteiger partial charge in [-0.25, -0.2) is 0 Å². The van der Waals surface area contributed by atoms with Gasteiger partial charge >= 0.3 is 5.97 Å². The molecule has 0 bridgehead atoms. The van der Waals surface area contributed by atoms with Gasteiger partial charge in [0.15, 0.2) is 6.10 Å². The van der Waals surface area contributed by atoms with Crippen LogP contribution >= 0.6 is 0 Å². The minimum atomic E-state index is -1.12. The van der Waals surface area contributed by atoms with Crippen molar-refractivity contribution in [2.45, 2.75) is 18.7 Å². The third-order valence-corrected chi connectivity index (χ3v) is 4.27. The van der Waals surface area contributed by atoms with Gasteiger partial charge in [-0.1, -0.05) is 60.7 Å². The van der Waals surface area contributed by atoms with Crippen molar-refractivity contribution >= 4 is 17.8 Å². The molecule has 1 aliphatic heterocycles. The van der Waals surface area contributed by atoms with Crippen LogP contribution in [0.3, 0.4) is 0 Å². The van der Waals surface area contributed by atoms with Gasteiger partial charge < -0.3 is 20.1 Å². The van der Waals surface area contributed by atoms with Crippen LogP contribution in [0.15, 0.2) is 60.7 Å². The van der Waals surface area contributed by atoms with Crippen LogP contribution in [0, 0.1) is 0 Å². The number of nitrogens with zero attached hydrogens (tertiary/aromatic N) is 1. The monoisotopic (exact) mass is 368 g/mol. The Hall–Kier alpha value is -3.19. The van der Waals surface area contributed by atoms with Crippen LogP contribution in [0.25, 0.3) is 0 Å². The van der Waals surface area contributed by atoms with Gasteiger partial charge in [0.2, 0.25) is 5.91 Å². The molecule has 1 saturated heterocycles. The standard InChI is InChI=1S/C20H20N2O5/c23-16-13-27-19(18(21-16)15-9-5-2-6-10-15)20(26)22(12-17(24)25)11-14-7-3-1-4-8-14/h1-10,18-19H,11-13H2,(H,21,23)(H,24,25)/t18-,19-/m1/s1. The number of carboxylic acid groups (broad SMARTS) is 1. The third-order valence-electron chi connectivity index (χ3n) is 4.27. The van der Waals surface area contributed by atoms with Gasteiger partial charge in [-0.2, -0.15) is 0 Å². The lowest BCUT2D eigenvalue weighted by Crippen LogP contribution is -2.53.